The number of nitrogens with zero attached hydrogens (tertiary/aromatic N) is 4. The van der Waals surface area contributed by atoms with Gasteiger partial charge in [-0.05, 0) is 24.6 Å². The molecule has 8 nitrogen and oxygen atoms in total. The summed E-state index contributed by atoms with van der Waals surface area (Å²) in [4.78, 5) is 21.5. The Kier molecular flexibility index (Phi) is 4.56. The van der Waals surface area contributed by atoms with Crippen molar-refractivity contribution in [3.8, 4) is 11.1 Å². The first-order valence-electron chi connectivity index (χ1n) is 8.85. The van der Waals surface area contributed by atoms with E-state index in [0.717, 1.165) is 22.3 Å². The van der Waals surface area contributed by atoms with Crippen LogP contribution >= 0.6 is 0 Å². The number of hydrogen-bond donors (Lipinski definition) is 1. The van der Waals surface area contributed by atoms with Gasteiger partial charge < -0.3 is 0 Å². The average molecular weight is 409 g/mol. The molecule has 0 bridgehead atoms. The van der Waals surface area contributed by atoms with Crippen molar-refractivity contribution in [2.45, 2.75) is 18.4 Å². The summed E-state index contributed by atoms with van der Waals surface area (Å²) in [6.07, 6.45) is 2.89. The molecule has 0 amide bonds. The molecule has 0 fully saturated rings. The highest BCUT2D eigenvalue weighted by Crippen LogP contribution is 2.30. The SMILES string of the molecule is Cc1ncc2c(c1-c1ccccc1)n(Cc1ccc(S(N)(=O)=O)cn1)c(=O)n2C. The Labute approximate surface area is 167 Å². The molecule has 2 N–H and O–H groups in total. The van der Waals surface area contributed by atoms with Gasteiger partial charge in [0.25, 0.3) is 0 Å². The molecule has 148 valence electrons. The Morgan fingerprint density at radius 3 is 2.38 bits per heavy atom. The Morgan fingerprint density at radius 2 is 1.76 bits per heavy atom. The molecule has 3 heterocycles. The van der Waals surface area contributed by atoms with Gasteiger partial charge in [-0.3, -0.25) is 19.1 Å². The zero-order chi connectivity index (χ0) is 20.8. The first-order chi connectivity index (χ1) is 13.8. The quantitative estimate of drug-likeness (QED) is 0.552. The van der Waals surface area contributed by atoms with Gasteiger partial charge in [0.1, 0.15) is 4.90 Å². The van der Waals surface area contributed by atoms with E-state index in [2.05, 4.69) is 9.97 Å². The van der Waals surface area contributed by atoms with E-state index in [0.29, 0.717) is 11.2 Å². The summed E-state index contributed by atoms with van der Waals surface area (Å²) in [6, 6.07) is 12.7. The molecule has 0 aliphatic rings. The lowest BCUT2D eigenvalue weighted by Gasteiger charge is -2.11. The second kappa shape index (κ2) is 6.94. The molecule has 0 saturated heterocycles. The van der Waals surface area contributed by atoms with Gasteiger partial charge in [0, 0.05) is 24.5 Å². The summed E-state index contributed by atoms with van der Waals surface area (Å²) < 4.78 is 26.1. The Balaban J connectivity index is 1.92. The second-order valence-corrected chi connectivity index (χ2v) is 8.34. The largest absolute Gasteiger partial charge is 0.329 e. The predicted octanol–water partition coefficient (Wildman–Crippen LogP) is 1.80. The summed E-state index contributed by atoms with van der Waals surface area (Å²) in [6.45, 7) is 2.09. The zero-order valence-electron chi connectivity index (χ0n) is 15.9. The highest BCUT2D eigenvalue weighted by atomic mass is 32.2. The van der Waals surface area contributed by atoms with Crippen molar-refractivity contribution in [1.29, 1.82) is 0 Å². The predicted molar refractivity (Wildman–Crippen MR) is 110 cm³/mol. The van der Waals surface area contributed by atoms with Crippen molar-refractivity contribution < 1.29 is 8.42 Å². The van der Waals surface area contributed by atoms with E-state index in [1.54, 1.807) is 28.4 Å². The lowest BCUT2D eigenvalue weighted by molar-refractivity contribution is 0.597. The maximum Gasteiger partial charge on any atom is 0.329 e. The third-order valence-electron chi connectivity index (χ3n) is 4.88. The van der Waals surface area contributed by atoms with Crippen LogP contribution in [0.5, 0.6) is 0 Å². The number of fused-ring (bicyclic) bond motifs is 1. The van der Waals surface area contributed by atoms with Gasteiger partial charge in [-0.1, -0.05) is 30.3 Å². The van der Waals surface area contributed by atoms with E-state index in [9.17, 15) is 13.2 Å². The number of rotatable bonds is 4. The molecule has 29 heavy (non-hydrogen) atoms. The molecule has 0 saturated carbocycles. The van der Waals surface area contributed by atoms with Crippen molar-refractivity contribution >= 4 is 21.1 Å². The van der Waals surface area contributed by atoms with E-state index in [1.807, 2.05) is 37.3 Å². The fourth-order valence-electron chi connectivity index (χ4n) is 3.41. The van der Waals surface area contributed by atoms with E-state index in [1.165, 1.54) is 12.3 Å². The van der Waals surface area contributed by atoms with Gasteiger partial charge in [-0.25, -0.2) is 18.4 Å². The van der Waals surface area contributed by atoms with Crippen LogP contribution < -0.4 is 10.8 Å². The number of nitrogens with two attached hydrogens (primary N) is 1. The summed E-state index contributed by atoms with van der Waals surface area (Å²) in [5, 5.41) is 5.13. The minimum Gasteiger partial charge on any atom is -0.293 e. The van der Waals surface area contributed by atoms with Gasteiger partial charge in [-0.15, -0.1) is 0 Å². The Bertz CT molecular complexity index is 1370. The summed E-state index contributed by atoms with van der Waals surface area (Å²) in [7, 11) is -2.12. The number of hydrogen-bond acceptors (Lipinski definition) is 5. The van der Waals surface area contributed by atoms with Crippen molar-refractivity contribution in [3.05, 3.63) is 76.7 Å². The standard InChI is InChI=1S/C20H19N5O3S/c1-13-18(14-6-4-3-5-7-14)19-17(11-22-13)24(2)20(26)25(19)12-15-8-9-16(10-23-15)29(21,27)28/h3-11H,12H2,1-2H3,(H2,21,27,28). The molecular formula is C20H19N5O3S. The number of pyridine rings is 2. The molecule has 0 radical (unpaired) electrons. The minimum atomic E-state index is -3.82. The molecule has 9 heteroatoms. The third-order valence-corrected chi connectivity index (χ3v) is 5.78. The number of benzene rings is 1. The van der Waals surface area contributed by atoms with E-state index < -0.39 is 10.0 Å². The highest BCUT2D eigenvalue weighted by molar-refractivity contribution is 7.89. The van der Waals surface area contributed by atoms with E-state index in [4.69, 9.17) is 5.14 Å². The maximum absolute atomic E-state index is 13.0. The van der Waals surface area contributed by atoms with Crippen LogP contribution in [0.2, 0.25) is 0 Å². The molecule has 0 aliphatic heterocycles. The maximum atomic E-state index is 13.0. The topological polar surface area (TPSA) is 113 Å². The van der Waals surface area contributed by atoms with Crippen LogP contribution in [0.25, 0.3) is 22.2 Å². The Hall–Kier alpha value is -3.30. The summed E-state index contributed by atoms with van der Waals surface area (Å²) >= 11 is 0. The van der Waals surface area contributed by atoms with E-state index >= 15 is 0 Å². The van der Waals surface area contributed by atoms with Crippen molar-refractivity contribution in [2.75, 3.05) is 0 Å². The van der Waals surface area contributed by atoms with Gasteiger partial charge >= 0.3 is 5.69 Å². The van der Waals surface area contributed by atoms with Gasteiger partial charge in [0.2, 0.25) is 10.0 Å². The highest BCUT2D eigenvalue weighted by Gasteiger charge is 2.19. The summed E-state index contributed by atoms with van der Waals surface area (Å²) in [5.74, 6) is 0. The van der Waals surface area contributed by atoms with Crippen LogP contribution in [0, 0.1) is 6.92 Å². The fraction of sp³-hybridized carbons (Fsp3) is 0.150. The van der Waals surface area contributed by atoms with E-state index in [-0.39, 0.29) is 17.1 Å². The number of imidazole rings is 1. The van der Waals surface area contributed by atoms with Crippen LogP contribution in [0.4, 0.5) is 0 Å². The Morgan fingerprint density at radius 1 is 1.03 bits per heavy atom. The fourth-order valence-corrected chi connectivity index (χ4v) is 3.87. The second-order valence-electron chi connectivity index (χ2n) is 6.78. The minimum absolute atomic E-state index is 0.0727. The molecule has 4 rings (SSSR count). The molecule has 3 aromatic heterocycles. The van der Waals surface area contributed by atoms with Crippen LogP contribution in [-0.2, 0) is 23.6 Å². The molecule has 0 spiro atoms. The molecule has 0 aliphatic carbocycles. The lowest BCUT2D eigenvalue weighted by atomic mass is 10.0. The van der Waals surface area contributed by atoms with Crippen molar-refractivity contribution in [1.82, 2.24) is 19.1 Å². The van der Waals surface area contributed by atoms with Crippen LogP contribution in [-0.4, -0.2) is 27.5 Å². The monoisotopic (exact) mass is 409 g/mol. The zero-order valence-corrected chi connectivity index (χ0v) is 16.7. The first kappa shape index (κ1) is 19.0. The van der Waals surface area contributed by atoms with Gasteiger partial charge in [0.05, 0.1) is 29.5 Å². The number of sulfonamides is 1. The molecule has 0 unspecified atom stereocenters. The summed E-state index contributed by atoms with van der Waals surface area (Å²) in [5.41, 5.74) is 4.44. The third kappa shape index (κ3) is 3.34. The lowest BCUT2D eigenvalue weighted by Crippen LogP contribution is -2.23. The molecule has 4 aromatic rings. The van der Waals surface area contributed by atoms with Crippen LogP contribution in [0.1, 0.15) is 11.4 Å². The molecular weight excluding hydrogens is 390 g/mol. The molecule has 1 aromatic carbocycles. The number of aromatic nitrogens is 4. The van der Waals surface area contributed by atoms with Gasteiger partial charge in [-0.2, -0.15) is 0 Å². The van der Waals surface area contributed by atoms with Crippen LogP contribution in [0.15, 0.2) is 64.5 Å². The average Bonchev–Trinajstić information content (AvgIpc) is 2.93. The van der Waals surface area contributed by atoms with Crippen molar-refractivity contribution in [2.24, 2.45) is 12.2 Å². The van der Waals surface area contributed by atoms with Crippen molar-refractivity contribution in [3.63, 3.8) is 0 Å². The first-order valence-corrected chi connectivity index (χ1v) is 10.4. The number of primary sulfonamides is 1. The molecule has 0 atom stereocenters. The van der Waals surface area contributed by atoms with Crippen LogP contribution in [0.3, 0.4) is 0 Å². The normalized spacial score (nSPS) is 11.8. The smallest absolute Gasteiger partial charge is 0.293 e. The number of aryl methyl sites for hydroxylation is 2. The van der Waals surface area contributed by atoms with Gasteiger partial charge in [0.15, 0.2) is 0 Å².